The minimum absolute atomic E-state index is 0.0154. The normalized spacial score (nSPS) is 14.1. The third-order valence-electron chi connectivity index (χ3n) is 10.9. The van der Waals surface area contributed by atoms with Crippen molar-refractivity contribution in [1.29, 1.82) is 10.8 Å². The molecular weight excluding hydrogens is 837 g/mol. The largest absolute Gasteiger partial charge is 0.480 e. The molecule has 2 aromatic heterocycles. The Labute approximate surface area is 376 Å². The molecule has 0 bridgehead atoms. The second-order valence-electron chi connectivity index (χ2n) is 16.7. The second-order valence-corrected chi connectivity index (χ2v) is 16.7. The van der Waals surface area contributed by atoms with Crippen LogP contribution in [0.5, 0.6) is 0 Å². The fraction of sp³-hybridized carbons (Fsp3) is 0.455. The topological polar surface area (TPSA) is 364 Å². The molecule has 21 heteroatoms. The monoisotopic (exact) mass is 901 g/mol. The van der Waals surface area contributed by atoms with Crippen molar-refractivity contribution < 1.29 is 33.9 Å². The van der Waals surface area contributed by atoms with Crippen LogP contribution in [0, 0.1) is 22.7 Å². The summed E-state index contributed by atoms with van der Waals surface area (Å²) in [6.45, 7) is 7.34. The summed E-state index contributed by atoms with van der Waals surface area (Å²) in [5.74, 6) is -6.18. The molecule has 4 aromatic rings. The number of aliphatic carboxylic acids is 1. The summed E-state index contributed by atoms with van der Waals surface area (Å²) in [6, 6.07) is 7.58. The van der Waals surface area contributed by atoms with Crippen molar-refractivity contribution in [2.24, 2.45) is 29.0 Å². The molecule has 0 unspecified atom stereocenters. The van der Waals surface area contributed by atoms with E-state index in [0.29, 0.717) is 5.56 Å². The molecule has 0 saturated heterocycles. The minimum Gasteiger partial charge on any atom is -0.480 e. The average molecular weight is 901 g/mol. The SMILES string of the molecule is CC(C)[C@H](N)C(=O)N[C@@H](Cc1c[nH]c2ccccc12)C(=O)N[C@H](C(=O)N[C@@H](Cc1c[nH]c2ccccc12)C(=O)N[C@@H](CCCNC(=N)N)C(=O)N[C@@H](CCCNC(=N)N)C(=O)O)C(C)C. The van der Waals surface area contributed by atoms with Crippen molar-refractivity contribution in [2.45, 2.75) is 102 Å². The second kappa shape index (κ2) is 24.1. The molecule has 21 nitrogen and oxygen atoms in total. The number of carbonyl (C=O) groups is 6. The minimum atomic E-state index is -1.35. The van der Waals surface area contributed by atoms with Crippen LogP contribution in [0.2, 0.25) is 0 Å². The molecular formula is C44H64N14O7. The van der Waals surface area contributed by atoms with Crippen LogP contribution in [0.25, 0.3) is 21.8 Å². The van der Waals surface area contributed by atoms with Gasteiger partial charge in [-0.15, -0.1) is 0 Å². The maximum atomic E-state index is 14.4. The van der Waals surface area contributed by atoms with Crippen molar-refractivity contribution in [3.8, 4) is 0 Å². The van der Waals surface area contributed by atoms with Crippen molar-refractivity contribution >= 4 is 69.2 Å². The lowest BCUT2D eigenvalue weighted by Gasteiger charge is -2.29. The number of hydrogen-bond acceptors (Lipinski definition) is 9. The molecule has 0 aliphatic rings. The molecule has 0 saturated carbocycles. The van der Waals surface area contributed by atoms with Gasteiger partial charge in [-0.1, -0.05) is 64.1 Å². The van der Waals surface area contributed by atoms with E-state index in [1.165, 1.54) is 0 Å². The van der Waals surface area contributed by atoms with Crippen molar-refractivity contribution in [1.82, 2.24) is 47.2 Å². The van der Waals surface area contributed by atoms with Gasteiger partial charge >= 0.3 is 5.97 Å². The zero-order chi connectivity index (χ0) is 47.8. The first-order valence-electron chi connectivity index (χ1n) is 21.6. The Bertz CT molecular complexity index is 2310. The summed E-state index contributed by atoms with van der Waals surface area (Å²) >= 11 is 0. The molecule has 6 atom stereocenters. The van der Waals surface area contributed by atoms with Crippen LogP contribution in [-0.2, 0) is 41.6 Å². The van der Waals surface area contributed by atoms with E-state index in [4.69, 9.17) is 28.0 Å². The molecule has 0 radical (unpaired) electrons. The van der Waals surface area contributed by atoms with E-state index in [1.54, 1.807) is 40.1 Å². The van der Waals surface area contributed by atoms with E-state index in [9.17, 15) is 33.9 Å². The number of hydrogen-bond donors (Lipinski definition) is 15. The Morgan fingerprint density at radius 3 is 1.46 bits per heavy atom. The van der Waals surface area contributed by atoms with Crippen LogP contribution in [-0.4, -0.2) is 112 Å². The number of nitrogens with two attached hydrogens (primary N) is 3. The first kappa shape index (κ1) is 50.5. The number of nitrogens with one attached hydrogen (secondary N) is 11. The fourth-order valence-electron chi connectivity index (χ4n) is 7.21. The molecule has 2 heterocycles. The molecule has 18 N–H and O–H groups in total. The lowest BCUT2D eigenvalue weighted by Crippen LogP contribution is -2.61. The van der Waals surface area contributed by atoms with Gasteiger partial charge in [0.15, 0.2) is 11.9 Å². The number of H-pyrrole nitrogens is 2. The number of carbonyl (C=O) groups excluding carboxylic acids is 5. The van der Waals surface area contributed by atoms with E-state index in [-0.39, 0.29) is 69.5 Å². The summed E-state index contributed by atoms with van der Waals surface area (Å²) in [7, 11) is 0. The maximum Gasteiger partial charge on any atom is 0.326 e. The highest BCUT2D eigenvalue weighted by Crippen LogP contribution is 2.21. The number of aromatic nitrogens is 2. The summed E-state index contributed by atoms with van der Waals surface area (Å²) in [4.78, 5) is 88.7. The Morgan fingerprint density at radius 1 is 0.585 bits per heavy atom. The van der Waals surface area contributed by atoms with E-state index in [0.717, 1.165) is 27.4 Å². The van der Waals surface area contributed by atoms with E-state index in [1.807, 2.05) is 48.5 Å². The predicted molar refractivity (Wildman–Crippen MR) is 247 cm³/mol. The fourth-order valence-corrected chi connectivity index (χ4v) is 7.21. The van der Waals surface area contributed by atoms with Gasteiger partial charge in [0.05, 0.1) is 6.04 Å². The van der Waals surface area contributed by atoms with Crippen LogP contribution in [0.15, 0.2) is 60.9 Å². The zero-order valence-electron chi connectivity index (χ0n) is 37.2. The van der Waals surface area contributed by atoms with Gasteiger partial charge in [-0.2, -0.15) is 0 Å². The lowest BCUT2D eigenvalue weighted by atomic mass is 9.98. The molecule has 352 valence electrons. The molecule has 0 aliphatic heterocycles. The highest BCUT2D eigenvalue weighted by molar-refractivity contribution is 5.97. The van der Waals surface area contributed by atoms with Crippen LogP contribution >= 0.6 is 0 Å². The molecule has 0 spiro atoms. The third-order valence-corrected chi connectivity index (χ3v) is 10.9. The van der Waals surface area contributed by atoms with E-state index in [2.05, 4.69) is 47.2 Å². The zero-order valence-corrected chi connectivity index (χ0v) is 37.2. The highest BCUT2D eigenvalue weighted by atomic mass is 16.4. The third kappa shape index (κ3) is 15.0. The predicted octanol–water partition coefficient (Wildman–Crippen LogP) is 0.109. The van der Waals surface area contributed by atoms with Gasteiger partial charge in [0.1, 0.15) is 30.2 Å². The standard InChI is InChI=1S/C44H64N14O7/c1-23(2)35(45)40(62)56-34(20-26-22-53-30-14-8-6-12-28(26)30)39(61)58-36(24(3)4)41(63)57-33(19-25-21-52-29-13-7-5-11-27(25)29)38(60)54-31(15-9-17-50-43(46)47)37(59)55-32(42(64)65)16-10-18-51-44(48)49/h5-8,11-14,21-24,31-36,52-53H,9-10,15-20,45H2,1-4H3,(H,54,60)(H,55,59)(H,56,62)(H,57,63)(H,58,61)(H,64,65)(H4,46,47,50)(H4,48,49,51)/t31-,32-,33-,34-,35-,36-/m0/s1. The number of para-hydroxylation sites is 2. The van der Waals surface area contributed by atoms with Gasteiger partial charge in [-0.3, -0.25) is 34.8 Å². The van der Waals surface area contributed by atoms with Gasteiger partial charge in [-0.05, 0) is 60.8 Å². The first-order chi connectivity index (χ1) is 30.9. The van der Waals surface area contributed by atoms with Crippen LogP contribution < -0.4 is 54.4 Å². The number of carboxylic acid groups (broad SMARTS) is 1. The first-order valence-corrected chi connectivity index (χ1v) is 21.6. The average Bonchev–Trinajstić information content (AvgIpc) is 3.87. The summed E-state index contributed by atoms with van der Waals surface area (Å²) in [6.07, 6.45) is 3.88. The molecule has 65 heavy (non-hydrogen) atoms. The van der Waals surface area contributed by atoms with Gasteiger partial charge < -0.3 is 69.5 Å². The number of benzene rings is 2. The summed E-state index contributed by atoms with van der Waals surface area (Å²) in [5, 5.41) is 45.2. The van der Waals surface area contributed by atoms with E-state index < -0.39 is 77.7 Å². The number of fused-ring (bicyclic) bond motifs is 2. The van der Waals surface area contributed by atoms with Crippen molar-refractivity contribution in [3.63, 3.8) is 0 Å². The number of aromatic amines is 2. The van der Waals surface area contributed by atoms with Gasteiger partial charge in [-0.25, -0.2) is 4.79 Å². The quantitative estimate of drug-likeness (QED) is 0.0239. The molecule has 2 aromatic carbocycles. The van der Waals surface area contributed by atoms with Crippen LogP contribution in [0.3, 0.4) is 0 Å². The Morgan fingerprint density at radius 2 is 1.00 bits per heavy atom. The van der Waals surface area contributed by atoms with Gasteiger partial charge in [0.2, 0.25) is 29.5 Å². The molecule has 5 amide bonds. The Hall–Kier alpha value is -7.16. The van der Waals surface area contributed by atoms with Crippen LogP contribution in [0.1, 0.15) is 64.5 Å². The smallest absolute Gasteiger partial charge is 0.326 e. The number of guanidine groups is 2. The number of rotatable bonds is 25. The highest BCUT2D eigenvalue weighted by Gasteiger charge is 2.35. The Balaban J connectivity index is 1.62. The number of amides is 5. The number of carboxylic acids is 1. The Kier molecular flexibility index (Phi) is 18.7. The summed E-state index contributed by atoms with van der Waals surface area (Å²) < 4.78 is 0. The van der Waals surface area contributed by atoms with Gasteiger partial charge in [0, 0.05) is 60.1 Å². The molecule has 0 aliphatic carbocycles. The maximum absolute atomic E-state index is 14.4. The molecule has 0 fully saturated rings. The summed E-state index contributed by atoms with van der Waals surface area (Å²) in [5.41, 5.74) is 20.0. The van der Waals surface area contributed by atoms with Gasteiger partial charge in [0.25, 0.3) is 0 Å². The van der Waals surface area contributed by atoms with Crippen LogP contribution in [0.4, 0.5) is 0 Å². The molecule has 4 rings (SSSR count). The van der Waals surface area contributed by atoms with Crippen molar-refractivity contribution in [3.05, 3.63) is 72.1 Å². The van der Waals surface area contributed by atoms with E-state index >= 15 is 0 Å². The van der Waals surface area contributed by atoms with Crippen molar-refractivity contribution in [2.75, 3.05) is 13.1 Å². The lowest BCUT2D eigenvalue weighted by molar-refractivity contribution is -0.142.